The molecule has 0 unspecified atom stereocenters. The third kappa shape index (κ3) is 4.87. The van der Waals surface area contributed by atoms with Gasteiger partial charge in [-0.25, -0.2) is 4.98 Å². The molecule has 6 heteroatoms. The van der Waals surface area contributed by atoms with Crippen molar-refractivity contribution < 1.29 is 9.84 Å². The van der Waals surface area contributed by atoms with Crippen molar-refractivity contribution in [2.45, 2.75) is 31.3 Å². The van der Waals surface area contributed by atoms with Gasteiger partial charge in [-0.2, -0.15) is 0 Å². The highest BCUT2D eigenvalue weighted by atomic mass is 79.9. The first-order chi connectivity index (χ1) is 16.0. The third-order valence-electron chi connectivity index (χ3n) is 6.67. The van der Waals surface area contributed by atoms with Crippen LogP contribution in [-0.2, 0) is 12.0 Å². The van der Waals surface area contributed by atoms with E-state index in [2.05, 4.69) is 44.0 Å². The molecule has 1 fully saturated rings. The normalized spacial score (nSPS) is 18.8. The number of benzene rings is 2. The van der Waals surface area contributed by atoms with Crippen LogP contribution in [0.15, 0.2) is 71.3 Å². The Kier molecular flexibility index (Phi) is 6.57. The van der Waals surface area contributed by atoms with E-state index in [9.17, 15) is 5.11 Å². The quantitative estimate of drug-likeness (QED) is 0.417. The fraction of sp³-hybridized carbons (Fsp3) is 0.296. The van der Waals surface area contributed by atoms with Crippen molar-refractivity contribution in [3.05, 3.63) is 93.1 Å². The zero-order valence-corrected chi connectivity index (χ0v) is 20.6. The molecule has 33 heavy (non-hydrogen) atoms. The van der Waals surface area contributed by atoms with Gasteiger partial charge in [0.15, 0.2) is 0 Å². The third-order valence-corrected chi connectivity index (χ3v) is 7.66. The van der Waals surface area contributed by atoms with Crippen molar-refractivity contribution in [2.75, 3.05) is 19.6 Å². The van der Waals surface area contributed by atoms with Crippen LogP contribution in [0.25, 0.3) is 5.57 Å². The first kappa shape index (κ1) is 22.6. The molecule has 0 atom stereocenters. The van der Waals surface area contributed by atoms with Crippen LogP contribution in [0, 0.1) is 0 Å². The fourth-order valence-corrected chi connectivity index (χ4v) is 5.33. The molecule has 1 aromatic heterocycles. The molecule has 0 bridgehead atoms. The van der Waals surface area contributed by atoms with Crippen LogP contribution in [0.5, 0.6) is 11.6 Å². The molecular weight excluding hydrogens is 500 g/mol. The van der Waals surface area contributed by atoms with Crippen LogP contribution in [0.1, 0.15) is 36.0 Å². The summed E-state index contributed by atoms with van der Waals surface area (Å²) in [4.78, 5) is 6.91. The van der Waals surface area contributed by atoms with E-state index in [1.165, 1.54) is 5.57 Å². The number of fused-ring (bicyclic) bond motifs is 2. The second-order valence-corrected chi connectivity index (χ2v) is 10.0. The summed E-state index contributed by atoms with van der Waals surface area (Å²) >= 11 is 9.70. The van der Waals surface area contributed by atoms with Gasteiger partial charge in [0, 0.05) is 52.9 Å². The number of likely N-dealkylation sites (tertiary alicyclic amines) is 1. The van der Waals surface area contributed by atoms with Crippen molar-refractivity contribution in [1.29, 1.82) is 0 Å². The minimum atomic E-state index is -0.765. The zero-order valence-electron chi connectivity index (χ0n) is 18.3. The van der Waals surface area contributed by atoms with Gasteiger partial charge in [-0.15, -0.1) is 0 Å². The maximum Gasteiger partial charge on any atom is 0.226 e. The number of aliphatic hydroxyl groups is 1. The average Bonchev–Trinajstić information content (AvgIpc) is 2.98. The van der Waals surface area contributed by atoms with Gasteiger partial charge in [0.2, 0.25) is 5.88 Å². The lowest BCUT2D eigenvalue weighted by Crippen LogP contribution is -2.42. The van der Waals surface area contributed by atoms with Crippen molar-refractivity contribution in [3.8, 4) is 11.6 Å². The lowest BCUT2D eigenvalue weighted by Gasteiger charge is -2.38. The van der Waals surface area contributed by atoms with Gasteiger partial charge in [-0.3, -0.25) is 0 Å². The van der Waals surface area contributed by atoms with Crippen LogP contribution in [0.4, 0.5) is 0 Å². The molecule has 4 nitrogen and oxygen atoms in total. The minimum absolute atomic E-state index is 0.659. The number of hydrogen-bond acceptors (Lipinski definition) is 4. The van der Waals surface area contributed by atoms with Crippen molar-refractivity contribution in [3.63, 3.8) is 0 Å². The molecule has 0 saturated carbocycles. The van der Waals surface area contributed by atoms with Crippen LogP contribution in [0.3, 0.4) is 0 Å². The molecule has 3 aromatic rings. The molecule has 0 aliphatic carbocycles. The van der Waals surface area contributed by atoms with Crippen molar-refractivity contribution in [2.24, 2.45) is 0 Å². The Morgan fingerprint density at radius 1 is 1.09 bits per heavy atom. The maximum atomic E-state index is 11.1. The molecule has 1 saturated heterocycles. The molecule has 1 N–H and O–H groups in total. The maximum absolute atomic E-state index is 11.1. The van der Waals surface area contributed by atoms with E-state index < -0.39 is 5.60 Å². The Bertz CT molecular complexity index is 1170. The van der Waals surface area contributed by atoms with E-state index in [1.54, 1.807) is 6.20 Å². The zero-order chi connectivity index (χ0) is 22.8. The lowest BCUT2D eigenvalue weighted by molar-refractivity contribution is -0.0254. The second-order valence-electron chi connectivity index (χ2n) is 8.75. The number of allylic oxidation sites excluding steroid dienone is 1. The number of pyridine rings is 1. The molecule has 3 heterocycles. The van der Waals surface area contributed by atoms with E-state index in [0.29, 0.717) is 10.9 Å². The number of aromatic nitrogens is 1. The molecule has 2 aromatic carbocycles. The highest BCUT2D eigenvalue weighted by molar-refractivity contribution is 9.10. The van der Waals surface area contributed by atoms with Crippen molar-refractivity contribution >= 4 is 33.1 Å². The van der Waals surface area contributed by atoms with E-state index in [4.69, 9.17) is 16.3 Å². The summed E-state index contributed by atoms with van der Waals surface area (Å²) in [6.45, 7) is 2.70. The van der Waals surface area contributed by atoms with Crippen LogP contribution in [-0.4, -0.2) is 34.6 Å². The Morgan fingerprint density at radius 2 is 1.88 bits per heavy atom. The summed E-state index contributed by atoms with van der Waals surface area (Å²) in [5.41, 5.74) is 3.63. The van der Waals surface area contributed by atoms with Gasteiger partial charge >= 0.3 is 0 Å². The number of halogens is 2. The van der Waals surface area contributed by atoms with E-state index in [0.717, 1.165) is 72.2 Å². The number of piperidine rings is 1. The number of ether oxygens (including phenoxy) is 1. The molecule has 5 rings (SSSR count). The van der Waals surface area contributed by atoms with E-state index in [-0.39, 0.29) is 0 Å². The van der Waals surface area contributed by atoms with Gasteiger partial charge in [0.05, 0.1) is 5.60 Å². The van der Waals surface area contributed by atoms with E-state index >= 15 is 0 Å². The largest absolute Gasteiger partial charge is 0.438 e. The lowest BCUT2D eigenvalue weighted by atomic mass is 9.84. The highest BCUT2D eigenvalue weighted by Crippen LogP contribution is 2.40. The molecule has 0 radical (unpaired) electrons. The van der Waals surface area contributed by atoms with Gasteiger partial charge in [0.1, 0.15) is 5.75 Å². The average molecular weight is 526 g/mol. The Labute approximate surface area is 208 Å². The number of hydrogen-bond donors (Lipinski definition) is 1. The molecule has 0 amide bonds. The Morgan fingerprint density at radius 3 is 2.67 bits per heavy atom. The SMILES string of the molecule is OC1(c2ccc(Cl)cc2)CCN(CCC=C2Cc3c(Br)cccc3Oc3ncccc32)CC1. The van der Waals surface area contributed by atoms with Crippen LogP contribution in [0.2, 0.25) is 5.02 Å². The smallest absolute Gasteiger partial charge is 0.226 e. The topological polar surface area (TPSA) is 45.6 Å². The van der Waals surface area contributed by atoms with Gasteiger partial charge < -0.3 is 14.7 Å². The van der Waals surface area contributed by atoms with Gasteiger partial charge in [0.25, 0.3) is 0 Å². The first-order valence-electron chi connectivity index (χ1n) is 11.3. The van der Waals surface area contributed by atoms with E-state index in [1.807, 2.05) is 42.5 Å². The summed E-state index contributed by atoms with van der Waals surface area (Å²) in [7, 11) is 0. The molecule has 2 aliphatic heterocycles. The molecule has 170 valence electrons. The summed E-state index contributed by atoms with van der Waals surface area (Å²) in [5.74, 6) is 1.51. The fourth-order valence-electron chi connectivity index (χ4n) is 4.71. The standard InChI is InChI=1S/C27H26BrClN2O2/c28-24-6-1-7-25-23(24)18-19(22-5-2-14-30-26(22)33-25)4-3-15-31-16-12-27(32,13-17-31)20-8-10-21(29)11-9-20/h1-2,4-11,14,32H,3,12-13,15-18H2. The van der Waals surface area contributed by atoms with Crippen molar-refractivity contribution in [1.82, 2.24) is 9.88 Å². The highest BCUT2D eigenvalue weighted by Gasteiger charge is 2.33. The molecule has 0 spiro atoms. The number of nitrogens with zero attached hydrogens (tertiary/aromatic N) is 2. The predicted molar refractivity (Wildman–Crippen MR) is 136 cm³/mol. The first-order valence-corrected chi connectivity index (χ1v) is 12.5. The molecule has 2 aliphatic rings. The summed E-state index contributed by atoms with van der Waals surface area (Å²) in [6, 6.07) is 17.7. The predicted octanol–water partition coefficient (Wildman–Crippen LogP) is 6.60. The Hall–Kier alpha value is -2.18. The summed E-state index contributed by atoms with van der Waals surface area (Å²) < 4.78 is 7.21. The van der Waals surface area contributed by atoms with Crippen LogP contribution >= 0.6 is 27.5 Å². The monoisotopic (exact) mass is 524 g/mol. The van der Waals surface area contributed by atoms with Crippen LogP contribution < -0.4 is 4.74 Å². The molecular formula is C27H26BrClN2O2. The summed E-state index contributed by atoms with van der Waals surface area (Å²) in [6.07, 6.45) is 7.28. The Balaban J connectivity index is 1.27. The van der Waals surface area contributed by atoms with Gasteiger partial charge in [-0.05, 0) is 66.8 Å². The number of rotatable bonds is 4. The van der Waals surface area contributed by atoms with Gasteiger partial charge in [-0.1, -0.05) is 51.8 Å². The minimum Gasteiger partial charge on any atom is -0.438 e. The second kappa shape index (κ2) is 9.59. The summed E-state index contributed by atoms with van der Waals surface area (Å²) in [5, 5.41) is 11.8.